The number of rotatable bonds is 2. The lowest BCUT2D eigenvalue weighted by atomic mass is 9.85. The molecule has 0 amide bonds. The summed E-state index contributed by atoms with van der Waals surface area (Å²) in [6, 6.07) is 3.60. The summed E-state index contributed by atoms with van der Waals surface area (Å²) in [5, 5.41) is 3.73. The molecule has 4 nitrogen and oxygen atoms in total. The second kappa shape index (κ2) is 7.88. The summed E-state index contributed by atoms with van der Waals surface area (Å²) in [6.07, 6.45) is 7.01. The molecule has 1 aromatic rings. The molecule has 0 aliphatic carbocycles. The lowest BCUT2D eigenvalue weighted by Gasteiger charge is -2.47. The topological polar surface area (TPSA) is 37.4 Å². The van der Waals surface area contributed by atoms with Crippen molar-refractivity contribution in [3.05, 3.63) is 29.1 Å². The molecule has 24 heavy (non-hydrogen) atoms. The first-order chi connectivity index (χ1) is 10.6. The van der Waals surface area contributed by atoms with Crippen molar-refractivity contribution in [3.63, 3.8) is 0 Å². The molecule has 3 aliphatic rings. The summed E-state index contributed by atoms with van der Waals surface area (Å²) < 4.78 is 6.30. The maximum atomic E-state index is 6.30. The molecule has 3 atom stereocenters. The summed E-state index contributed by atoms with van der Waals surface area (Å²) in [5.41, 5.74) is 3.87. The molecule has 0 radical (unpaired) electrons. The number of aryl methyl sites for hydroxylation is 2. The monoisotopic (exact) mass is 373 g/mol. The minimum atomic E-state index is 0. The van der Waals surface area contributed by atoms with E-state index >= 15 is 0 Å². The highest BCUT2D eigenvalue weighted by Gasteiger charge is 2.46. The number of nitrogens with one attached hydrogen (secondary N) is 1. The molecular formula is C18H29Cl2N3O. The Labute approximate surface area is 157 Å². The van der Waals surface area contributed by atoms with Crippen LogP contribution >= 0.6 is 24.8 Å². The number of halogens is 2. The first kappa shape index (κ1) is 19.9. The van der Waals surface area contributed by atoms with Crippen molar-refractivity contribution in [3.8, 4) is 0 Å². The molecule has 1 spiro atoms. The zero-order chi connectivity index (χ0) is 15.2. The van der Waals surface area contributed by atoms with Crippen LogP contribution in [0.4, 0.5) is 0 Å². The summed E-state index contributed by atoms with van der Waals surface area (Å²) in [7, 11) is 0. The molecular weight excluding hydrogens is 345 g/mol. The van der Waals surface area contributed by atoms with Crippen LogP contribution in [-0.4, -0.2) is 47.3 Å². The molecule has 2 bridgehead atoms. The zero-order valence-corrected chi connectivity index (χ0v) is 16.2. The Morgan fingerprint density at radius 1 is 1.25 bits per heavy atom. The molecule has 1 aromatic heterocycles. The van der Waals surface area contributed by atoms with Gasteiger partial charge in [0.2, 0.25) is 0 Å². The van der Waals surface area contributed by atoms with E-state index in [4.69, 9.17) is 4.74 Å². The quantitative estimate of drug-likeness (QED) is 0.864. The Kier molecular flexibility index (Phi) is 6.54. The minimum absolute atomic E-state index is 0. The summed E-state index contributed by atoms with van der Waals surface area (Å²) in [5.74, 6) is 0. The van der Waals surface area contributed by atoms with E-state index in [-0.39, 0.29) is 30.4 Å². The van der Waals surface area contributed by atoms with Gasteiger partial charge in [0.25, 0.3) is 0 Å². The van der Waals surface area contributed by atoms with Crippen molar-refractivity contribution in [2.75, 3.05) is 19.7 Å². The van der Waals surface area contributed by atoms with Crippen LogP contribution in [0.3, 0.4) is 0 Å². The van der Waals surface area contributed by atoms with Gasteiger partial charge in [0.05, 0.1) is 17.9 Å². The SMILES string of the molecule is Cc1cnc(CN2CCOC3(C[C@H]4CC[C@@H](C3)N4)C2)c(C)c1.Cl.Cl. The number of aromatic nitrogens is 1. The highest BCUT2D eigenvalue weighted by atomic mass is 35.5. The Morgan fingerprint density at radius 2 is 1.96 bits per heavy atom. The molecule has 3 aliphatic heterocycles. The van der Waals surface area contributed by atoms with Gasteiger partial charge >= 0.3 is 0 Å². The van der Waals surface area contributed by atoms with Gasteiger partial charge in [-0.15, -0.1) is 24.8 Å². The Bertz CT molecular complexity index is 557. The van der Waals surface area contributed by atoms with E-state index in [1.54, 1.807) is 0 Å². The van der Waals surface area contributed by atoms with Crippen LogP contribution in [-0.2, 0) is 11.3 Å². The summed E-state index contributed by atoms with van der Waals surface area (Å²) >= 11 is 0. The molecule has 136 valence electrons. The fourth-order valence-electron chi connectivity index (χ4n) is 4.63. The van der Waals surface area contributed by atoms with Crippen LogP contribution in [0.5, 0.6) is 0 Å². The first-order valence-corrected chi connectivity index (χ1v) is 8.66. The highest BCUT2D eigenvalue weighted by Crippen LogP contribution is 2.38. The van der Waals surface area contributed by atoms with Crippen LogP contribution < -0.4 is 5.32 Å². The second-order valence-corrected chi connectivity index (χ2v) is 7.56. The average Bonchev–Trinajstić information content (AvgIpc) is 2.82. The van der Waals surface area contributed by atoms with Gasteiger partial charge in [-0.1, -0.05) is 6.07 Å². The fourth-order valence-corrected chi connectivity index (χ4v) is 4.63. The molecule has 3 fully saturated rings. The number of nitrogens with zero attached hydrogens (tertiary/aromatic N) is 2. The van der Waals surface area contributed by atoms with Gasteiger partial charge in [-0.25, -0.2) is 0 Å². The molecule has 6 heteroatoms. The number of fused-ring (bicyclic) bond motifs is 2. The molecule has 0 aromatic carbocycles. The van der Waals surface area contributed by atoms with Gasteiger partial charge in [-0.3, -0.25) is 9.88 Å². The van der Waals surface area contributed by atoms with Gasteiger partial charge in [0, 0.05) is 37.9 Å². The Hall–Kier alpha value is -0.390. The van der Waals surface area contributed by atoms with E-state index in [1.807, 2.05) is 6.20 Å². The van der Waals surface area contributed by atoms with Crippen molar-refractivity contribution in [2.45, 2.75) is 63.8 Å². The maximum Gasteiger partial charge on any atom is 0.0839 e. The predicted molar refractivity (Wildman–Crippen MR) is 101 cm³/mol. The number of piperidine rings is 1. The summed E-state index contributed by atoms with van der Waals surface area (Å²) in [4.78, 5) is 7.21. The third-order valence-electron chi connectivity index (χ3n) is 5.60. The van der Waals surface area contributed by atoms with Crippen molar-refractivity contribution in [1.82, 2.24) is 15.2 Å². The molecule has 0 saturated carbocycles. The summed E-state index contributed by atoms with van der Waals surface area (Å²) in [6.45, 7) is 8.20. The van der Waals surface area contributed by atoms with Crippen LogP contribution in [0, 0.1) is 13.8 Å². The van der Waals surface area contributed by atoms with E-state index in [0.717, 1.165) is 26.2 Å². The maximum absolute atomic E-state index is 6.30. The molecule has 4 heterocycles. The number of hydrogen-bond acceptors (Lipinski definition) is 4. The van der Waals surface area contributed by atoms with E-state index in [1.165, 1.54) is 42.5 Å². The normalized spacial score (nSPS) is 32.2. The van der Waals surface area contributed by atoms with Crippen molar-refractivity contribution >= 4 is 24.8 Å². The van der Waals surface area contributed by atoms with Gasteiger partial charge in [0.1, 0.15) is 0 Å². The van der Waals surface area contributed by atoms with Gasteiger partial charge in [0.15, 0.2) is 0 Å². The number of pyridine rings is 1. The number of morpholine rings is 1. The first-order valence-electron chi connectivity index (χ1n) is 8.66. The van der Waals surface area contributed by atoms with Crippen LogP contribution in [0.25, 0.3) is 0 Å². The molecule has 3 saturated heterocycles. The van der Waals surface area contributed by atoms with Crippen LogP contribution in [0.15, 0.2) is 12.3 Å². The molecule has 1 N–H and O–H groups in total. The van der Waals surface area contributed by atoms with E-state index in [0.29, 0.717) is 12.1 Å². The third-order valence-corrected chi connectivity index (χ3v) is 5.60. The van der Waals surface area contributed by atoms with E-state index < -0.39 is 0 Å². The predicted octanol–water partition coefficient (Wildman–Crippen LogP) is 3.03. The third kappa shape index (κ3) is 4.05. The van der Waals surface area contributed by atoms with E-state index in [9.17, 15) is 0 Å². The van der Waals surface area contributed by atoms with Crippen molar-refractivity contribution < 1.29 is 4.74 Å². The largest absolute Gasteiger partial charge is 0.372 e. The number of ether oxygens (including phenoxy) is 1. The van der Waals surface area contributed by atoms with E-state index in [2.05, 4.69) is 35.1 Å². The lowest BCUT2D eigenvalue weighted by Crippen LogP contribution is -2.58. The minimum Gasteiger partial charge on any atom is -0.372 e. The number of hydrogen-bond donors (Lipinski definition) is 1. The molecule has 1 unspecified atom stereocenters. The Morgan fingerprint density at radius 3 is 2.62 bits per heavy atom. The fraction of sp³-hybridized carbons (Fsp3) is 0.722. The average molecular weight is 374 g/mol. The van der Waals surface area contributed by atoms with Crippen molar-refractivity contribution in [1.29, 1.82) is 0 Å². The van der Waals surface area contributed by atoms with Crippen LogP contribution in [0.2, 0.25) is 0 Å². The standard InChI is InChI=1S/C18H27N3O.2ClH/c1-13-7-14(2)17(19-10-13)11-21-5-6-22-18(12-21)8-15-3-4-16(9-18)20-15;;/h7,10,15-16,20H,3-6,8-9,11-12H2,1-2H3;2*1H/t15-,16+,18?;;. The van der Waals surface area contributed by atoms with Crippen LogP contribution in [0.1, 0.15) is 42.5 Å². The smallest absolute Gasteiger partial charge is 0.0839 e. The zero-order valence-electron chi connectivity index (χ0n) is 14.6. The van der Waals surface area contributed by atoms with Gasteiger partial charge in [-0.05, 0) is 50.7 Å². The lowest BCUT2D eigenvalue weighted by molar-refractivity contribution is -0.133. The van der Waals surface area contributed by atoms with Gasteiger partial charge in [-0.2, -0.15) is 0 Å². The second-order valence-electron chi connectivity index (χ2n) is 7.56. The highest BCUT2D eigenvalue weighted by molar-refractivity contribution is 5.85. The van der Waals surface area contributed by atoms with Gasteiger partial charge < -0.3 is 10.1 Å². The molecule has 4 rings (SSSR count). The van der Waals surface area contributed by atoms with Crippen molar-refractivity contribution in [2.24, 2.45) is 0 Å². The Balaban J connectivity index is 0.00000104.